The largest absolute Gasteiger partial charge is 0.355 e. The SMILES string of the molecule is Cc1cccc2cc(-c3nccn3C3CCN(c4cccnn4)CC3)c(=O)[nH]c12. The van der Waals surface area contributed by atoms with Crippen molar-refractivity contribution >= 4 is 16.7 Å². The Morgan fingerprint density at radius 3 is 2.76 bits per heavy atom. The number of nitrogens with zero attached hydrogens (tertiary/aromatic N) is 5. The Kier molecular flexibility index (Phi) is 4.35. The molecule has 29 heavy (non-hydrogen) atoms. The first-order valence-corrected chi connectivity index (χ1v) is 9.89. The second-order valence-corrected chi connectivity index (χ2v) is 7.51. The molecule has 1 N–H and O–H groups in total. The van der Waals surface area contributed by atoms with Gasteiger partial charge in [0.25, 0.3) is 5.56 Å². The average Bonchev–Trinajstić information content (AvgIpc) is 3.24. The van der Waals surface area contributed by atoms with Crippen LogP contribution in [0.15, 0.2) is 59.8 Å². The molecule has 0 amide bonds. The van der Waals surface area contributed by atoms with Gasteiger partial charge < -0.3 is 14.5 Å². The summed E-state index contributed by atoms with van der Waals surface area (Å²) in [4.78, 5) is 22.7. The molecule has 1 saturated heterocycles. The summed E-state index contributed by atoms with van der Waals surface area (Å²) in [5, 5.41) is 9.21. The summed E-state index contributed by atoms with van der Waals surface area (Å²) in [5.74, 6) is 1.64. The van der Waals surface area contributed by atoms with Gasteiger partial charge in [-0.25, -0.2) is 4.98 Å². The fourth-order valence-electron chi connectivity index (χ4n) is 4.20. The van der Waals surface area contributed by atoms with Gasteiger partial charge in [-0.3, -0.25) is 4.79 Å². The molecule has 1 fully saturated rings. The summed E-state index contributed by atoms with van der Waals surface area (Å²) in [6.45, 7) is 3.80. The summed E-state index contributed by atoms with van der Waals surface area (Å²) >= 11 is 0. The molecule has 0 spiro atoms. The third-order valence-corrected chi connectivity index (χ3v) is 5.74. The third-order valence-electron chi connectivity index (χ3n) is 5.74. The number of rotatable bonds is 3. The Bertz CT molecular complexity index is 1200. The van der Waals surface area contributed by atoms with E-state index in [1.807, 2.05) is 49.5 Å². The van der Waals surface area contributed by atoms with E-state index in [0.29, 0.717) is 11.6 Å². The molecule has 5 rings (SSSR count). The summed E-state index contributed by atoms with van der Waals surface area (Å²) in [6, 6.07) is 12.2. The second kappa shape index (κ2) is 7.16. The summed E-state index contributed by atoms with van der Waals surface area (Å²) in [6.07, 6.45) is 7.38. The van der Waals surface area contributed by atoms with Crippen molar-refractivity contribution in [2.45, 2.75) is 25.8 Å². The van der Waals surface area contributed by atoms with Gasteiger partial charge in [-0.2, -0.15) is 5.10 Å². The molecule has 0 unspecified atom stereocenters. The van der Waals surface area contributed by atoms with Crippen LogP contribution in [0.5, 0.6) is 0 Å². The van der Waals surface area contributed by atoms with Gasteiger partial charge in [0.15, 0.2) is 5.82 Å². The molecule has 0 saturated carbocycles. The van der Waals surface area contributed by atoms with Crippen LogP contribution in [0.2, 0.25) is 0 Å². The maximum absolute atomic E-state index is 12.8. The van der Waals surface area contributed by atoms with E-state index in [9.17, 15) is 4.79 Å². The van der Waals surface area contributed by atoms with Crippen LogP contribution in [-0.4, -0.2) is 37.8 Å². The van der Waals surface area contributed by atoms with Crippen LogP contribution in [-0.2, 0) is 0 Å². The molecule has 4 aromatic rings. The highest BCUT2D eigenvalue weighted by Gasteiger charge is 2.24. The van der Waals surface area contributed by atoms with Crippen LogP contribution in [0.25, 0.3) is 22.3 Å². The Hall–Kier alpha value is -3.48. The maximum atomic E-state index is 12.8. The zero-order valence-corrected chi connectivity index (χ0v) is 16.2. The van der Waals surface area contributed by atoms with E-state index in [-0.39, 0.29) is 5.56 Å². The van der Waals surface area contributed by atoms with E-state index >= 15 is 0 Å². The smallest absolute Gasteiger partial charge is 0.259 e. The third kappa shape index (κ3) is 3.18. The van der Waals surface area contributed by atoms with Crippen molar-refractivity contribution in [2.24, 2.45) is 0 Å². The number of hydrogen-bond donors (Lipinski definition) is 1. The fraction of sp³-hybridized carbons (Fsp3) is 0.273. The fourth-order valence-corrected chi connectivity index (χ4v) is 4.20. The molecule has 1 aromatic carbocycles. The van der Waals surface area contributed by atoms with E-state index in [0.717, 1.165) is 54.0 Å². The number of anilines is 1. The first kappa shape index (κ1) is 17.6. The summed E-state index contributed by atoms with van der Waals surface area (Å²) < 4.78 is 2.15. The van der Waals surface area contributed by atoms with E-state index in [2.05, 4.69) is 29.6 Å². The molecule has 4 heterocycles. The zero-order chi connectivity index (χ0) is 19.8. The highest BCUT2D eigenvalue weighted by molar-refractivity contribution is 5.84. The van der Waals surface area contributed by atoms with Gasteiger partial charge >= 0.3 is 0 Å². The van der Waals surface area contributed by atoms with Crippen molar-refractivity contribution in [1.29, 1.82) is 0 Å². The number of nitrogens with one attached hydrogen (secondary N) is 1. The standard InChI is InChI=1S/C22H22N6O/c1-15-4-2-5-16-14-18(22(29)25-20(15)16)21-23-10-13-28(21)17-7-11-27(12-8-17)19-6-3-9-24-26-19/h2-6,9-10,13-14,17H,7-8,11-12H2,1H3,(H,25,29). The lowest BCUT2D eigenvalue weighted by molar-refractivity contribution is 0.397. The van der Waals surface area contributed by atoms with Gasteiger partial charge in [-0.05, 0) is 48.9 Å². The molecule has 3 aromatic heterocycles. The van der Waals surface area contributed by atoms with Crippen LogP contribution in [0, 0.1) is 6.92 Å². The van der Waals surface area contributed by atoms with Crippen LogP contribution in [0.3, 0.4) is 0 Å². The minimum Gasteiger partial charge on any atom is -0.355 e. The summed E-state index contributed by atoms with van der Waals surface area (Å²) in [7, 11) is 0. The minimum absolute atomic E-state index is 0.101. The van der Waals surface area contributed by atoms with Crippen molar-refractivity contribution in [3.05, 3.63) is 70.9 Å². The number of imidazole rings is 1. The Balaban J connectivity index is 1.44. The van der Waals surface area contributed by atoms with E-state index in [1.165, 1.54) is 0 Å². The first-order valence-electron chi connectivity index (χ1n) is 9.89. The molecule has 0 radical (unpaired) electrons. The molecule has 0 atom stereocenters. The Labute approximate surface area is 168 Å². The van der Waals surface area contributed by atoms with Gasteiger partial charge in [-0.15, -0.1) is 5.10 Å². The number of piperidine rings is 1. The number of hydrogen-bond acceptors (Lipinski definition) is 5. The predicted octanol–water partition coefficient (Wildman–Crippen LogP) is 3.33. The van der Waals surface area contributed by atoms with E-state index in [4.69, 9.17) is 0 Å². The lowest BCUT2D eigenvalue weighted by atomic mass is 10.0. The average molecular weight is 386 g/mol. The number of aromatic nitrogens is 5. The molecule has 0 bridgehead atoms. The molecular formula is C22H22N6O. The zero-order valence-electron chi connectivity index (χ0n) is 16.2. The molecule has 1 aliphatic heterocycles. The van der Waals surface area contributed by atoms with Crippen molar-refractivity contribution in [1.82, 2.24) is 24.7 Å². The van der Waals surface area contributed by atoms with Crippen LogP contribution in [0.1, 0.15) is 24.4 Å². The lowest BCUT2D eigenvalue weighted by Crippen LogP contribution is -2.35. The van der Waals surface area contributed by atoms with Gasteiger partial charge in [0.1, 0.15) is 5.82 Å². The van der Waals surface area contributed by atoms with Crippen LogP contribution < -0.4 is 10.5 Å². The maximum Gasteiger partial charge on any atom is 0.259 e. The van der Waals surface area contributed by atoms with E-state index < -0.39 is 0 Å². The normalized spacial score (nSPS) is 15.1. The van der Waals surface area contributed by atoms with Crippen molar-refractivity contribution in [2.75, 3.05) is 18.0 Å². The van der Waals surface area contributed by atoms with Crippen molar-refractivity contribution in [3.8, 4) is 11.4 Å². The summed E-state index contributed by atoms with van der Waals surface area (Å²) in [5.41, 5.74) is 2.46. The lowest BCUT2D eigenvalue weighted by Gasteiger charge is -2.33. The molecule has 7 nitrogen and oxygen atoms in total. The van der Waals surface area contributed by atoms with Gasteiger partial charge in [-0.1, -0.05) is 18.2 Å². The van der Waals surface area contributed by atoms with Crippen molar-refractivity contribution in [3.63, 3.8) is 0 Å². The first-order chi connectivity index (χ1) is 14.2. The minimum atomic E-state index is -0.101. The molecule has 1 aliphatic rings. The number of para-hydroxylation sites is 1. The molecule has 7 heteroatoms. The number of pyridine rings is 1. The number of H-pyrrole nitrogens is 1. The Morgan fingerprint density at radius 2 is 1.97 bits per heavy atom. The van der Waals surface area contributed by atoms with Crippen LogP contribution >= 0.6 is 0 Å². The predicted molar refractivity (Wildman–Crippen MR) is 113 cm³/mol. The number of fused-ring (bicyclic) bond motifs is 1. The Morgan fingerprint density at radius 1 is 1.10 bits per heavy atom. The van der Waals surface area contributed by atoms with Gasteiger partial charge in [0.2, 0.25) is 0 Å². The monoisotopic (exact) mass is 386 g/mol. The quantitative estimate of drug-likeness (QED) is 0.584. The van der Waals surface area contributed by atoms with Crippen LogP contribution in [0.4, 0.5) is 5.82 Å². The second-order valence-electron chi connectivity index (χ2n) is 7.51. The highest BCUT2D eigenvalue weighted by atomic mass is 16.1. The highest BCUT2D eigenvalue weighted by Crippen LogP contribution is 2.29. The molecule has 0 aliphatic carbocycles. The van der Waals surface area contributed by atoms with E-state index in [1.54, 1.807) is 12.4 Å². The molecular weight excluding hydrogens is 364 g/mol. The topological polar surface area (TPSA) is 79.7 Å². The van der Waals surface area contributed by atoms with Gasteiger partial charge in [0.05, 0.1) is 11.1 Å². The number of aryl methyl sites for hydroxylation is 1. The van der Waals surface area contributed by atoms with Crippen molar-refractivity contribution < 1.29 is 0 Å². The van der Waals surface area contributed by atoms with Gasteiger partial charge in [0, 0.05) is 37.7 Å². The molecule has 146 valence electrons. The number of aromatic amines is 1. The number of benzene rings is 1.